The predicted molar refractivity (Wildman–Crippen MR) is 77.8 cm³/mol. The smallest absolute Gasteiger partial charge is 0.460 e. The van der Waals surface area contributed by atoms with Gasteiger partial charge in [-0.25, -0.2) is 0 Å². The second-order valence-electron chi connectivity index (χ2n) is 6.24. The molecule has 0 fully saturated rings. The molecular weight excluding hydrogens is 433 g/mol. The molecule has 0 N–H and O–H groups in total. The number of benzene rings is 1. The minimum absolute atomic E-state index is 0.205. The fourth-order valence-corrected chi connectivity index (χ4v) is 2.50. The number of para-hydroxylation sites is 1. The van der Waals surface area contributed by atoms with Crippen LogP contribution in [0.25, 0.3) is 0 Å². The molecule has 1 atom stereocenters. The average Bonchev–Trinajstić information content (AvgIpc) is 2.59. The van der Waals surface area contributed by atoms with Gasteiger partial charge in [0.05, 0.1) is 19.1 Å². The summed E-state index contributed by atoms with van der Waals surface area (Å²) in [5.74, 6) is -28.3. The molecule has 0 aliphatic heterocycles. The number of rotatable bonds is 8. The van der Waals surface area contributed by atoms with Gasteiger partial charge in [-0.05, 0) is 13.0 Å². The number of ether oxygens (including phenoxy) is 2. The molecule has 1 aromatic rings. The Balaban J connectivity index is 3.48. The molecule has 0 aliphatic carbocycles. The van der Waals surface area contributed by atoms with Crippen LogP contribution in [-0.4, -0.2) is 44.1 Å². The quantitative estimate of drug-likeness (QED) is 0.451. The van der Waals surface area contributed by atoms with Crippen LogP contribution in [0.5, 0.6) is 5.75 Å². The van der Waals surface area contributed by atoms with Crippen LogP contribution in [0.4, 0.5) is 48.3 Å². The van der Waals surface area contributed by atoms with Crippen LogP contribution in [-0.2, 0) is 10.3 Å². The predicted octanol–water partition coefficient (Wildman–Crippen LogP) is 6.05. The van der Waals surface area contributed by atoms with Gasteiger partial charge in [0.1, 0.15) is 5.75 Å². The molecule has 1 rings (SSSR count). The molecule has 0 radical (unpaired) electrons. The third kappa shape index (κ3) is 3.97. The fraction of sp³-hybridized carbons (Fsp3) is 0.625. The third-order valence-electron chi connectivity index (χ3n) is 4.29. The van der Waals surface area contributed by atoms with Crippen molar-refractivity contribution in [2.75, 3.05) is 14.2 Å². The highest BCUT2D eigenvalue weighted by molar-refractivity contribution is 5.38. The van der Waals surface area contributed by atoms with Crippen molar-refractivity contribution in [2.45, 2.75) is 48.8 Å². The summed E-state index contributed by atoms with van der Waals surface area (Å²) in [7, 11) is 1.78. The molecule has 0 bridgehead atoms. The van der Waals surface area contributed by atoms with Crippen LogP contribution in [0.1, 0.15) is 18.9 Å². The molecule has 1 unspecified atom stereocenters. The standard InChI is InChI=1S/C16H15F11O2/c1-11(29-3,9-6-4-5-7-10(9)28-2)8-12(17,18)13(19,20)14(21,22)15(23,24)16(25,26)27/h4-7H,8H2,1-3H3. The van der Waals surface area contributed by atoms with Crippen molar-refractivity contribution in [1.82, 2.24) is 0 Å². The first kappa shape index (κ1) is 25.2. The Hall–Kier alpha value is -1.79. The lowest BCUT2D eigenvalue weighted by atomic mass is 9.84. The lowest BCUT2D eigenvalue weighted by molar-refractivity contribution is -0.424. The Morgan fingerprint density at radius 2 is 1.21 bits per heavy atom. The summed E-state index contributed by atoms with van der Waals surface area (Å²) in [5.41, 5.74) is -2.88. The lowest BCUT2D eigenvalue weighted by Crippen LogP contribution is -2.67. The zero-order chi connectivity index (χ0) is 23.1. The van der Waals surface area contributed by atoms with E-state index in [4.69, 9.17) is 9.47 Å². The SMILES string of the molecule is COc1ccccc1C(C)(CC(F)(F)C(F)(F)C(F)(F)C(F)(F)C(F)(F)F)OC. The van der Waals surface area contributed by atoms with Crippen molar-refractivity contribution in [3.05, 3.63) is 29.8 Å². The van der Waals surface area contributed by atoms with Crippen molar-refractivity contribution < 1.29 is 57.8 Å². The fourth-order valence-electron chi connectivity index (χ4n) is 2.50. The lowest BCUT2D eigenvalue weighted by Gasteiger charge is -2.40. The molecule has 2 nitrogen and oxygen atoms in total. The van der Waals surface area contributed by atoms with Crippen LogP contribution in [0.3, 0.4) is 0 Å². The minimum Gasteiger partial charge on any atom is -0.496 e. The van der Waals surface area contributed by atoms with Gasteiger partial charge < -0.3 is 9.47 Å². The molecular formula is C16H15F11O2. The van der Waals surface area contributed by atoms with Gasteiger partial charge in [0.25, 0.3) is 0 Å². The van der Waals surface area contributed by atoms with E-state index in [1.807, 2.05) is 0 Å². The van der Waals surface area contributed by atoms with E-state index in [0.29, 0.717) is 0 Å². The van der Waals surface area contributed by atoms with Crippen molar-refractivity contribution in [1.29, 1.82) is 0 Å². The Morgan fingerprint density at radius 3 is 1.62 bits per heavy atom. The Kier molecular flexibility index (Phi) is 6.51. The largest absolute Gasteiger partial charge is 0.496 e. The van der Waals surface area contributed by atoms with Crippen molar-refractivity contribution in [3.63, 3.8) is 0 Å². The molecule has 0 aliphatic rings. The molecule has 0 heterocycles. The number of halogens is 11. The maximum atomic E-state index is 14.2. The maximum absolute atomic E-state index is 14.2. The summed E-state index contributed by atoms with van der Waals surface area (Å²) in [4.78, 5) is 0. The number of hydrogen-bond donors (Lipinski definition) is 0. The molecule has 0 saturated heterocycles. The maximum Gasteiger partial charge on any atom is 0.460 e. The van der Waals surface area contributed by atoms with E-state index in [9.17, 15) is 48.3 Å². The molecule has 0 aromatic heterocycles. The summed E-state index contributed by atoms with van der Waals surface area (Å²) in [6.07, 6.45) is -9.57. The second-order valence-corrected chi connectivity index (χ2v) is 6.24. The second kappa shape index (κ2) is 7.47. The van der Waals surface area contributed by atoms with Gasteiger partial charge in [-0.15, -0.1) is 0 Å². The van der Waals surface area contributed by atoms with Crippen LogP contribution in [0, 0.1) is 0 Å². The topological polar surface area (TPSA) is 18.5 Å². The molecule has 1 aromatic carbocycles. The van der Waals surface area contributed by atoms with E-state index >= 15 is 0 Å². The van der Waals surface area contributed by atoms with Crippen LogP contribution < -0.4 is 4.74 Å². The third-order valence-corrected chi connectivity index (χ3v) is 4.29. The van der Waals surface area contributed by atoms with Gasteiger partial charge in [0.2, 0.25) is 0 Å². The highest BCUT2D eigenvalue weighted by Gasteiger charge is 2.87. The van der Waals surface area contributed by atoms with Crippen LogP contribution in [0.2, 0.25) is 0 Å². The Morgan fingerprint density at radius 1 is 0.724 bits per heavy atom. The molecule has 0 spiro atoms. The van der Waals surface area contributed by atoms with E-state index in [2.05, 4.69) is 0 Å². The molecule has 13 heteroatoms. The van der Waals surface area contributed by atoms with Gasteiger partial charge in [0, 0.05) is 12.7 Å². The highest BCUT2D eigenvalue weighted by Crippen LogP contribution is 2.59. The molecule has 0 saturated carbocycles. The number of methoxy groups -OCH3 is 2. The van der Waals surface area contributed by atoms with E-state index in [-0.39, 0.29) is 11.3 Å². The van der Waals surface area contributed by atoms with Crippen molar-refractivity contribution in [2.24, 2.45) is 0 Å². The van der Waals surface area contributed by atoms with E-state index < -0.39 is 41.9 Å². The van der Waals surface area contributed by atoms with Crippen LogP contribution >= 0.6 is 0 Å². The van der Waals surface area contributed by atoms with Gasteiger partial charge in [-0.1, -0.05) is 18.2 Å². The zero-order valence-electron chi connectivity index (χ0n) is 15.0. The number of alkyl halides is 11. The van der Waals surface area contributed by atoms with Gasteiger partial charge in [-0.2, -0.15) is 48.3 Å². The van der Waals surface area contributed by atoms with Gasteiger partial charge in [-0.3, -0.25) is 0 Å². The van der Waals surface area contributed by atoms with E-state index in [1.54, 1.807) is 0 Å². The van der Waals surface area contributed by atoms with Crippen LogP contribution in [0.15, 0.2) is 24.3 Å². The minimum atomic E-state index is -7.46. The first-order valence-corrected chi connectivity index (χ1v) is 7.59. The van der Waals surface area contributed by atoms with Gasteiger partial charge in [0.15, 0.2) is 0 Å². The zero-order valence-corrected chi connectivity index (χ0v) is 15.0. The summed E-state index contributed by atoms with van der Waals surface area (Å²) >= 11 is 0. The van der Waals surface area contributed by atoms with E-state index in [1.165, 1.54) is 18.2 Å². The first-order chi connectivity index (χ1) is 12.8. The van der Waals surface area contributed by atoms with E-state index in [0.717, 1.165) is 27.2 Å². The van der Waals surface area contributed by atoms with Crippen molar-refractivity contribution in [3.8, 4) is 5.75 Å². The highest BCUT2D eigenvalue weighted by atomic mass is 19.4. The monoisotopic (exact) mass is 448 g/mol. The number of hydrogen-bond acceptors (Lipinski definition) is 2. The van der Waals surface area contributed by atoms with Gasteiger partial charge >= 0.3 is 29.9 Å². The Bertz CT molecular complexity index is 715. The summed E-state index contributed by atoms with van der Waals surface area (Å²) < 4.78 is 155. The van der Waals surface area contributed by atoms with Crippen molar-refractivity contribution >= 4 is 0 Å². The molecule has 29 heavy (non-hydrogen) atoms. The Labute approximate surface area is 157 Å². The first-order valence-electron chi connectivity index (χ1n) is 7.59. The normalized spacial score (nSPS) is 16.5. The molecule has 168 valence electrons. The average molecular weight is 448 g/mol. The summed E-state index contributed by atoms with van der Waals surface area (Å²) in [6, 6.07) is 4.77. The summed E-state index contributed by atoms with van der Waals surface area (Å²) in [5, 5.41) is 0. The summed E-state index contributed by atoms with van der Waals surface area (Å²) in [6.45, 7) is 0.731. The molecule has 0 amide bonds.